The molecule has 2 aliphatic heterocycles. The van der Waals surface area contributed by atoms with Crippen LogP contribution in [0.1, 0.15) is 36.5 Å². The van der Waals surface area contributed by atoms with Gasteiger partial charge in [0.05, 0.1) is 5.69 Å². The highest BCUT2D eigenvalue weighted by Gasteiger charge is 2.22. The molecule has 1 aromatic rings. The van der Waals surface area contributed by atoms with Crippen molar-refractivity contribution in [1.29, 1.82) is 0 Å². The first-order valence-corrected chi connectivity index (χ1v) is 7.58. The average Bonchev–Trinajstić information content (AvgIpc) is 2.94. The molecule has 2 aliphatic rings. The fraction of sp³-hybridized carbons (Fsp3) is 0.500. The second kappa shape index (κ2) is 6.36. The van der Waals surface area contributed by atoms with Gasteiger partial charge in [0.15, 0.2) is 17.3 Å². The predicted octanol–water partition coefficient (Wildman–Crippen LogP) is 1.95. The molecule has 0 saturated carbocycles. The van der Waals surface area contributed by atoms with Crippen LogP contribution in [0.2, 0.25) is 0 Å². The SMILES string of the molecule is CC(=O)c1cc2c(cc1NC(=O)CC1CCCNC1)OCO2. The van der Waals surface area contributed by atoms with Crippen LogP contribution in [0.25, 0.3) is 0 Å². The predicted molar refractivity (Wildman–Crippen MR) is 81.4 cm³/mol. The van der Waals surface area contributed by atoms with E-state index in [1.54, 1.807) is 12.1 Å². The summed E-state index contributed by atoms with van der Waals surface area (Å²) in [6, 6.07) is 3.29. The highest BCUT2D eigenvalue weighted by molar-refractivity contribution is 6.04. The number of fused-ring (bicyclic) bond motifs is 1. The van der Waals surface area contributed by atoms with Gasteiger partial charge in [-0.15, -0.1) is 0 Å². The second-order valence-electron chi connectivity index (χ2n) is 5.77. The van der Waals surface area contributed by atoms with Crippen molar-refractivity contribution in [3.63, 3.8) is 0 Å². The summed E-state index contributed by atoms with van der Waals surface area (Å²) in [6.45, 7) is 3.50. The Kier molecular flexibility index (Phi) is 4.29. The van der Waals surface area contributed by atoms with Crippen molar-refractivity contribution in [2.45, 2.75) is 26.2 Å². The Morgan fingerprint density at radius 1 is 1.32 bits per heavy atom. The topological polar surface area (TPSA) is 76.7 Å². The van der Waals surface area contributed by atoms with Crippen molar-refractivity contribution in [1.82, 2.24) is 5.32 Å². The van der Waals surface area contributed by atoms with E-state index in [1.807, 2.05) is 0 Å². The molecule has 1 aromatic carbocycles. The average molecular weight is 304 g/mol. The standard InChI is InChI=1S/C16H20N2O4/c1-10(19)12-6-14-15(22-9-21-14)7-13(12)18-16(20)5-11-3-2-4-17-8-11/h6-7,11,17H,2-5,8-9H2,1H3,(H,18,20). The highest BCUT2D eigenvalue weighted by Crippen LogP contribution is 2.37. The lowest BCUT2D eigenvalue weighted by Gasteiger charge is -2.22. The van der Waals surface area contributed by atoms with Crippen LogP contribution in [-0.2, 0) is 4.79 Å². The molecule has 118 valence electrons. The van der Waals surface area contributed by atoms with E-state index in [0.717, 1.165) is 25.9 Å². The first kappa shape index (κ1) is 14.8. The summed E-state index contributed by atoms with van der Waals surface area (Å²) < 4.78 is 10.6. The number of hydrogen-bond donors (Lipinski definition) is 2. The van der Waals surface area contributed by atoms with E-state index in [9.17, 15) is 9.59 Å². The van der Waals surface area contributed by atoms with E-state index in [-0.39, 0.29) is 18.5 Å². The van der Waals surface area contributed by atoms with Gasteiger partial charge in [-0.2, -0.15) is 0 Å². The van der Waals surface area contributed by atoms with Crippen LogP contribution in [0.3, 0.4) is 0 Å². The summed E-state index contributed by atoms with van der Waals surface area (Å²) in [5.41, 5.74) is 0.935. The summed E-state index contributed by atoms with van der Waals surface area (Å²) in [7, 11) is 0. The zero-order valence-electron chi connectivity index (χ0n) is 12.6. The maximum Gasteiger partial charge on any atom is 0.231 e. The van der Waals surface area contributed by atoms with E-state index >= 15 is 0 Å². The van der Waals surface area contributed by atoms with Crippen molar-refractivity contribution in [3.8, 4) is 11.5 Å². The maximum atomic E-state index is 12.2. The number of carbonyl (C=O) groups excluding carboxylic acids is 2. The molecule has 1 fully saturated rings. The minimum atomic E-state index is -0.118. The number of hydrogen-bond acceptors (Lipinski definition) is 5. The molecule has 6 heteroatoms. The van der Waals surface area contributed by atoms with E-state index in [2.05, 4.69) is 10.6 Å². The monoisotopic (exact) mass is 304 g/mol. The van der Waals surface area contributed by atoms with Crippen LogP contribution < -0.4 is 20.1 Å². The molecular weight excluding hydrogens is 284 g/mol. The Balaban J connectivity index is 1.73. The van der Waals surface area contributed by atoms with Gasteiger partial charge in [-0.25, -0.2) is 0 Å². The third kappa shape index (κ3) is 3.22. The molecule has 0 spiro atoms. The van der Waals surface area contributed by atoms with Gasteiger partial charge in [0, 0.05) is 18.1 Å². The van der Waals surface area contributed by atoms with E-state index in [0.29, 0.717) is 35.1 Å². The van der Waals surface area contributed by atoms with Gasteiger partial charge in [-0.05, 0) is 44.8 Å². The molecule has 2 N–H and O–H groups in total. The lowest BCUT2D eigenvalue weighted by Crippen LogP contribution is -2.32. The molecule has 0 aromatic heterocycles. The van der Waals surface area contributed by atoms with E-state index < -0.39 is 0 Å². The number of ketones is 1. The minimum absolute atomic E-state index is 0.0740. The number of ether oxygens (including phenoxy) is 2. The largest absolute Gasteiger partial charge is 0.454 e. The van der Waals surface area contributed by atoms with Gasteiger partial charge >= 0.3 is 0 Å². The fourth-order valence-electron chi connectivity index (χ4n) is 2.90. The fourth-order valence-corrected chi connectivity index (χ4v) is 2.90. The third-order valence-electron chi connectivity index (χ3n) is 4.04. The number of piperidine rings is 1. The quantitative estimate of drug-likeness (QED) is 0.831. The molecular formula is C16H20N2O4. The van der Waals surface area contributed by atoms with Crippen molar-refractivity contribution in [2.24, 2.45) is 5.92 Å². The molecule has 1 atom stereocenters. The van der Waals surface area contributed by atoms with Crippen LogP contribution in [0.5, 0.6) is 11.5 Å². The van der Waals surface area contributed by atoms with Crippen molar-refractivity contribution in [3.05, 3.63) is 17.7 Å². The number of anilines is 1. The number of Topliss-reactive ketones (excluding diaryl/α,β-unsaturated/α-hetero) is 1. The third-order valence-corrected chi connectivity index (χ3v) is 4.04. The number of nitrogens with one attached hydrogen (secondary N) is 2. The van der Waals surface area contributed by atoms with Crippen LogP contribution in [0, 0.1) is 5.92 Å². The summed E-state index contributed by atoms with van der Waals surface area (Å²) in [6.07, 6.45) is 2.61. The molecule has 0 aliphatic carbocycles. The van der Waals surface area contributed by atoms with Gasteiger partial charge in [0.2, 0.25) is 12.7 Å². The molecule has 6 nitrogen and oxygen atoms in total. The Bertz CT molecular complexity index is 594. The number of amides is 1. The normalized spacial score (nSPS) is 19.8. The summed E-state index contributed by atoms with van der Waals surface area (Å²) >= 11 is 0. The van der Waals surface area contributed by atoms with Gasteiger partial charge < -0.3 is 20.1 Å². The van der Waals surface area contributed by atoms with Gasteiger partial charge in [0.1, 0.15) is 0 Å². The molecule has 3 rings (SSSR count). The lowest BCUT2D eigenvalue weighted by atomic mass is 9.96. The smallest absolute Gasteiger partial charge is 0.231 e. The molecule has 22 heavy (non-hydrogen) atoms. The lowest BCUT2D eigenvalue weighted by molar-refractivity contribution is -0.117. The highest BCUT2D eigenvalue weighted by atomic mass is 16.7. The first-order valence-electron chi connectivity index (χ1n) is 7.58. The molecule has 2 heterocycles. The van der Waals surface area contributed by atoms with Gasteiger partial charge in [-0.1, -0.05) is 0 Å². The summed E-state index contributed by atoms with van der Waals surface area (Å²) in [5, 5.41) is 6.14. The molecule has 0 bridgehead atoms. The molecule has 1 unspecified atom stereocenters. The maximum absolute atomic E-state index is 12.2. The molecule has 1 saturated heterocycles. The minimum Gasteiger partial charge on any atom is -0.454 e. The van der Waals surface area contributed by atoms with Crippen LogP contribution in [0.15, 0.2) is 12.1 Å². The molecule has 0 radical (unpaired) electrons. The summed E-state index contributed by atoms with van der Waals surface area (Å²) in [4.78, 5) is 24.0. The second-order valence-corrected chi connectivity index (χ2v) is 5.77. The van der Waals surface area contributed by atoms with Crippen LogP contribution in [0.4, 0.5) is 5.69 Å². The Morgan fingerprint density at radius 3 is 2.77 bits per heavy atom. The van der Waals surface area contributed by atoms with Crippen molar-refractivity contribution < 1.29 is 19.1 Å². The van der Waals surface area contributed by atoms with Crippen molar-refractivity contribution >= 4 is 17.4 Å². The number of benzene rings is 1. The van der Waals surface area contributed by atoms with E-state index in [1.165, 1.54) is 6.92 Å². The number of carbonyl (C=O) groups is 2. The molecule has 1 amide bonds. The Hall–Kier alpha value is -2.08. The van der Waals surface area contributed by atoms with Gasteiger partial charge in [-0.3, -0.25) is 9.59 Å². The van der Waals surface area contributed by atoms with Crippen LogP contribution in [-0.4, -0.2) is 31.6 Å². The zero-order valence-corrected chi connectivity index (χ0v) is 12.6. The zero-order chi connectivity index (χ0) is 15.5. The number of rotatable bonds is 4. The Morgan fingerprint density at radius 2 is 2.09 bits per heavy atom. The van der Waals surface area contributed by atoms with Crippen molar-refractivity contribution in [2.75, 3.05) is 25.2 Å². The first-order chi connectivity index (χ1) is 10.6. The Labute approximate surface area is 129 Å². The summed E-state index contributed by atoms with van der Waals surface area (Å²) in [5.74, 6) is 1.26. The van der Waals surface area contributed by atoms with Crippen LogP contribution >= 0.6 is 0 Å². The van der Waals surface area contributed by atoms with E-state index in [4.69, 9.17) is 9.47 Å². The van der Waals surface area contributed by atoms with Gasteiger partial charge in [0.25, 0.3) is 0 Å².